The van der Waals surface area contributed by atoms with Gasteiger partial charge in [-0.25, -0.2) is 13.1 Å². The van der Waals surface area contributed by atoms with Gasteiger partial charge in [0, 0.05) is 5.56 Å². The van der Waals surface area contributed by atoms with Crippen molar-refractivity contribution in [1.29, 1.82) is 0 Å². The molecule has 1 aromatic heterocycles. The molecule has 1 saturated heterocycles. The zero-order chi connectivity index (χ0) is 12.6. The Kier molecular flexibility index (Phi) is 3.47. The van der Waals surface area contributed by atoms with E-state index in [2.05, 4.69) is 5.10 Å². The number of rotatable bonds is 3. The summed E-state index contributed by atoms with van der Waals surface area (Å²) in [5.74, 6) is 0.270. The van der Waals surface area contributed by atoms with Crippen LogP contribution < -0.4 is 0 Å². The highest BCUT2D eigenvalue weighted by atomic mass is 35.5. The van der Waals surface area contributed by atoms with E-state index in [1.54, 1.807) is 4.68 Å². The van der Waals surface area contributed by atoms with Gasteiger partial charge < -0.3 is 5.11 Å². The summed E-state index contributed by atoms with van der Waals surface area (Å²) in [7, 11) is -2.96. The molecule has 0 aromatic carbocycles. The standard InChI is InChI=1S/C10H15ClN2O3S/c1-2-9-8(5-14)10(11)13(12-9)7-3-4-17(15,16)6-7/h7,14H,2-6H2,1H3. The van der Waals surface area contributed by atoms with Gasteiger partial charge >= 0.3 is 0 Å². The summed E-state index contributed by atoms with van der Waals surface area (Å²) in [6.07, 6.45) is 1.21. The average molecular weight is 279 g/mol. The predicted octanol–water partition coefficient (Wildman–Crippen LogP) is 0.951. The minimum Gasteiger partial charge on any atom is -0.391 e. The highest BCUT2D eigenvalue weighted by Crippen LogP contribution is 2.30. The number of aliphatic hydroxyl groups excluding tert-OH is 1. The minimum atomic E-state index is -2.96. The van der Waals surface area contributed by atoms with Crippen LogP contribution in [0.4, 0.5) is 0 Å². The molecule has 1 unspecified atom stereocenters. The molecular weight excluding hydrogens is 264 g/mol. The van der Waals surface area contributed by atoms with E-state index in [1.165, 1.54) is 0 Å². The van der Waals surface area contributed by atoms with E-state index < -0.39 is 9.84 Å². The summed E-state index contributed by atoms with van der Waals surface area (Å²) < 4.78 is 24.4. The van der Waals surface area contributed by atoms with E-state index in [0.717, 1.165) is 5.69 Å². The Morgan fingerprint density at radius 2 is 2.29 bits per heavy atom. The van der Waals surface area contributed by atoms with E-state index in [9.17, 15) is 13.5 Å². The Hall–Kier alpha value is -0.590. The first-order valence-corrected chi connectivity index (χ1v) is 7.75. The van der Waals surface area contributed by atoms with Crippen LogP contribution in [0, 0.1) is 0 Å². The molecule has 1 N–H and O–H groups in total. The minimum absolute atomic E-state index is 0.0857. The van der Waals surface area contributed by atoms with Gasteiger partial charge in [-0.15, -0.1) is 0 Å². The van der Waals surface area contributed by atoms with Gasteiger partial charge in [-0.3, -0.25) is 0 Å². The van der Waals surface area contributed by atoms with E-state index in [0.29, 0.717) is 23.6 Å². The third-order valence-corrected chi connectivity index (χ3v) is 5.23. The van der Waals surface area contributed by atoms with Gasteiger partial charge in [-0.1, -0.05) is 18.5 Å². The Morgan fingerprint density at radius 3 is 2.71 bits per heavy atom. The quantitative estimate of drug-likeness (QED) is 0.894. The van der Waals surface area contributed by atoms with E-state index in [-0.39, 0.29) is 24.2 Å². The number of nitrogens with zero attached hydrogens (tertiary/aromatic N) is 2. The van der Waals surface area contributed by atoms with Crippen molar-refractivity contribution in [3.05, 3.63) is 16.4 Å². The lowest BCUT2D eigenvalue weighted by Gasteiger charge is -2.09. The molecule has 2 rings (SSSR count). The monoisotopic (exact) mass is 278 g/mol. The third-order valence-electron chi connectivity index (χ3n) is 3.07. The summed E-state index contributed by atoms with van der Waals surface area (Å²) in [6.45, 7) is 1.76. The lowest BCUT2D eigenvalue weighted by Crippen LogP contribution is -2.12. The van der Waals surface area contributed by atoms with Crippen molar-refractivity contribution < 1.29 is 13.5 Å². The lowest BCUT2D eigenvalue weighted by molar-refractivity contribution is 0.280. The number of hydrogen-bond acceptors (Lipinski definition) is 4. The third kappa shape index (κ3) is 2.34. The van der Waals surface area contributed by atoms with Crippen LogP contribution in [-0.4, -0.2) is 34.8 Å². The van der Waals surface area contributed by atoms with Crippen molar-refractivity contribution in [3.8, 4) is 0 Å². The van der Waals surface area contributed by atoms with Crippen LogP contribution in [-0.2, 0) is 22.9 Å². The van der Waals surface area contributed by atoms with Crippen LogP contribution in [0.3, 0.4) is 0 Å². The van der Waals surface area contributed by atoms with Crippen LogP contribution in [0.1, 0.15) is 30.6 Å². The highest BCUT2D eigenvalue weighted by Gasteiger charge is 2.32. The van der Waals surface area contributed by atoms with Crippen molar-refractivity contribution in [2.24, 2.45) is 0 Å². The molecular formula is C10H15ClN2O3S. The topological polar surface area (TPSA) is 72.2 Å². The smallest absolute Gasteiger partial charge is 0.152 e. The van der Waals surface area contributed by atoms with Crippen molar-refractivity contribution in [2.45, 2.75) is 32.4 Å². The van der Waals surface area contributed by atoms with Crippen molar-refractivity contribution >= 4 is 21.4 Å². The Labute approximate surface area is 105 Å². The molecule has 0 radical (unpaired) electrons. The summed E-state index contributed by atoms with van der Waals surface area (Å²) in [4.78, 5) is 0. The van der Waals surface area contributed by atoms with E-state index in [4.69, 9.17) is 11.6 Å². The predicted molar refractivity (Wildman–Crippen MR) is 64.8 cm³/mol. The molecule has 0 spiro atoms. The maximum atomic E-state index is 11.4. The molecule has 1 aliphatic rings. The number of aryl methyl sites for hydroxylation is 1. The van der Waals surface area contributed by atoms with Gasteiger partial charge in [0.1, 0.15) is 5.15 Å². The first kappa shape index (κ1) is 12.9. The summed E-state index contributed by atoms with van der Waals surface area (Å²) in [5.41, 5.74) is 1.35. The molecule has 1 aliphatic heterocycles. The SMILES string of the molecule is CCc1nn(C2CCS(=O)(=O)C2)c(Cl)c1CO. The van der Waals surface area contributed by atoms with Crippen LogP contribution >= 0.6 is 11.6 Å². The fraction of sp³-hybridized carbons (Fsp3) is 0.700. The molecule has 0 amide bonds. The van der Waals surface area contributed by atoms with Gasteiger partial charge in [0.2, 0.25) is 0 Å². The van der Waals surface area contributed by atoms with Gasteiger partial charge in [0.05, 0.1) is 29.8 Å². The zero-order valence-electron chi connectivity index (χ0n) is 9.56. The summed E-state index contributed by atoms with van der Waals surface area (Å²) in [5, 5.41) is 13.9. The normalized spacial score (nSPS) is 23.1. The Morgan fingerprint density at radius 1 is 1.59 bits per heavy atom. The maximum Gasteiger partial charge on any atom is 0.152 e. The van der Waals surface area contributed by atoms with Gasteiger partial charge in [0.15, 0.2) is 9.84 Å². The molecule has 1 fully saturated rings. The molecule has 1 aromatic rings. The second-order valence-electron chi connectivity index (χ2n) is 4.23. The van der Waals surface area contributed by atoms with Gasteiger partial charge in [-0.2, -0.15) is 5.10 Å². The molecule has 0 aliphatic carbocycles. The number of sulfone groups is 1. The average Bonchev–Trinajstić information content (AvgIpc) is 2.78. The Bertz CT molecular complexity index is 524. The number of halogens is 1. The van der Waals surface area contributed by atoms with Crippen molar-refractivity contribution in [2.75, 3.05) is 11.5 Å². The molecule has 7 heteroatoms. The van der Waals surface area contributed by atoms with Crippen LogP contribution in [0.2, 0.25) is 5.15 Å². The van der Waals surface area contributed by atoms with Crippen molar-refractivity contribution in [1.82, 2.24) is 9.78 Å². The molecule has 1 atom stereocenters. The van der Waals surface area contributed by atoms with E-state index in [1.807, 2.05) is 6.92 Å². The number of aromatic nitrogens is 2. The van der Waals surface area contributed by atoms with Gasteiger partial charge in [-0.05, 0) is 12.8 Å². The number of hydrogen-bond donors (Lipinski definition) is 1. The van der Waals surface area contributed by atoms with Crippen LogP contribution in [0.15, 0.2) is 0 Å². The summed E-state index contributed by atoms with van der Waals surface area (Å²) >= 11 is 6.13. The lowest BCUT2D eigenvalue weighted by atomic mass is 10.2. The zero-order valence-corrected chi connectivity index (χ0v) is 11.1. The fourth-order valence-corrected chi connectivity index (χ4v) is 4.18. The van der Waals surface area contributed by atoms with Gasteiger partial charge in [0.25, 0.3) is 0 Å². The van der Waals surface area contributed by atoms with Crippen LogP contribution in [0.5, 0.6) is 0 Å². The summed E-state index contributed by atoms with van der Waals surface area (Å²) in [6, 6.07) is -0.196. The molecule has 17 heavy (non-hydrogen) atoms. The maximum absolute atomic E-state index is 11.4. The first-order chi connectivity index (χ1) is 7.98. The van der Waals surface area contributed by atoms with Crippen molar-refractivity contribution in [3.63, 3.8) is 0 Å². The second-order valence-corrected chi connectivity index (χ2v) is 6.82. The molecule has 2 heterocycles. The first-order valence-electron chi connectivity index (χ1n) is 5.55. The second kappa shape index (κ2) is 4.59. The largest absolute Gasteiger partial charge is 0.391 e. The van der Waals surface area contributed by atoms with E-state index >= 15 is 0 Å². The van der Waals surface area contributed by atoms with Crippen LogP contribution in [0.25, 0.3) is 0 Å². The molecule has 5 nitrogen and oxygen atoms in total. The molecule has 0 saturated carbocycles. The number of aliphatic hydroxyl groups is 1. The molecule has 96 valence electrons. The highest BCUT2D eigenvalue weighted by molar-refractivity contribution is 7.91. The fourth-order valence-electron chi connectivity index (χ4n) is 2.14. The molecule has 0 bridgehead atoms. The Balaban J connectivity index is 2.37.